The molecule has 136 valence electrons. The summed E-state index contributed by atoms with van der Waals surface area (Å²) in [6.07, 6.45) is 0.532. The fraction of sp³-hybridized carbons (Fsp3) is 0.250. The molecule has 0 aliphatic rings. The first kappa shape index (κ1) is 22.6. The van der Waals surface area contributed by atoms with Crippen LogP contribution in [0.15, 0.2) is 57.5 Å². The summed E-state index contributed by atoms with van der Waals surface area (Å²) in [5.74, 6) is 0. The number of rotatable bonds is 6. The van der Waals surface area contributed by atoms with Crippen LogP contribution in [0.2, 0.25) is 0 Å². The quantitative estimate of drug-likeness (QED) is 0.291. The van der Waals surface area contributed by atoms with Crippen LogP contribution in [-0.2, 0) is 22.7 Å². The maximum absolute atomic E-state index is 13.2. The van der Waals surface area contributed by atoms with Gasteiger partial charge in [0.25, 0.3) is 0 Å². The van der Waals surface area contributed by atoms with Crippen LogP contribution >= 0.6 is 95.6 Å². The Morgan fingerprint density at radius 2 is 0.920 bits per heavy atom. The number of hydrogen-bond donors (Lipinski definition) is 0. The molecule has 0 aliphatic carbocycles. The lowest BCUT2D eigenvalue weighted by Crippen LogP contribution is -2.40. The summed E-state index contributed by atoms with van der Waals surface area (Å²) in [6, 6.07) is 15.1. The van der Waals surface area contributed by atoms with E-state index in [0.717, 1.165) is 20.1 Å². The number of halogens is 6. The first-order valence-electron chi connectivity index (χ1n) is 6.93. The minimum Gasteiger partial charge on any atom is -0.224 e. The van der Waals surface area contributed by atoms with Gasteiger partial charge < -0.3 is 0 Å². The molecule has 0 N–H and O–H groups in total. The standard InChI is InChI=1S/C16H12Br6O2S/c17-13-5-1-11(2-6-13)9-15(19,20)25(23,24)16(21,22)10-12-3-7-14(18)8-4-12/h1-8H,9-10H2. The largest absolute Gasteiger partial charge is 0.224 e. The number of sulfone groups is 1. The van der Waals surface area contributed by atoms with Crippen molar-refractivity contribution in [2.24, 2.45) is 0 Å². The fourth-order valence-electron chi connectivity index (χ4n) is 2.09. The predicted octanol–water partition coefficient (Wildman–Crippen LogP) is 7.30. The molecule has 0 amide bonds. The van der Waals surface area contributed by atoms with Crippen molar-refractivity contribution >= 4 is 105 Å². The Labute approximate surface area is 198 Å². The summed E-state index contributed by atoms with van der Waals surface area (Å²) < 4.78 is 25.7. The second-order valence-corrected chi connectivity index (χ2v) is 19.3. The van der Waals surface area contributed by atoms with Crippen LogP contribution in [0.3, 0.4) is 0 Å². The van der Waals surface area contributed by atoms with Gasteiger partial charge in [0.2, 0.25) is 9.84 Å². The van der Waals surface area contributed by atoms with Crippen molar-refractivity contribution in [2.45, 2.75) is 18.0 Å². The summed E-state index contributed by atoms with van der Waals surface area (Å²) >= 11 is 20.2. The molecule has 25 heavy (non-hydrogen) atoms. The molecule has 2 aromatic rings. The third kappa shape index (κ3) is 5.64. The maximum Gasteiger partial charge on any atom is 0.202 e. The first-order chi connectivity index (χ1) is 11.4. The van der Waals surface area contributed by atoms with E-state index in [0.29, 0.717) is 0 Å². The predicted molar refractivity (Wildman–Crippen MR) is 126 cm³/mol. The molecule has 0 fully saturated rings. The molecule has 0 aliphatic heterocycles. The molecule has 0 heterocycles. The number of alkyl halides is 4. The highest BCUT2D eigenvalue weighted by molar-refractivity contribution is 9.31. The minimum absolute atomic E-state index is 0.266. The van der Waals surface area contributed by atoms with E-state index in [4.69, 9.17) is 0 Å². The Balaban J connectivity index is 2.26. The molecule has 0 saturated heterocycles. The zero-order chi connectivity index (χ0) is 18.9. The van der Waals surface area contributed by atoms with Gasteiger partial charge in [-0.1, -0.05) is 120 Å². The Bertz CT molecular complexity index is 764. The molecule has 2 nitrogen and oxygen atoms in total. The molecule has 2 aromatic carbocycles. The molecule has 0 radical (unpaired) electrons. The highest BCUT2D eigenvalue weighted by atomic mass is 79.9. The second kappa shape index (κ2) is 8.74. The van der Waals surface area contributed by atoms with E-state index in [1.54, 1.807) is 0 Å². The zero-order valence-electron chi connectivity index (χ0n) is 12.5. The van der Waals surface area contributed by atoms with Crippen molar-refractivity contribution in [1.82, 2.24) is 0 Å². The molecule has 0 bridgehead atoms. The van der Waals surface area contributed by atoms with Gasteiger partial charge in [-0.05, 0) is 35.4 Å². The first-order valence-corrected chi connectivity index (χ1v) is 13.2. The Morgan fingerprint density at radius 1 is 0.640 bits per heavy atom. The third-order valence-electron chi connectivity index (χ3n) is 3.43. The van der Waals surface area contributed by atoms with Crippen molar-refractivity contribution in [1.29, 1.82) is 0 Å². The average molecular weight is 748 g/mol. The van der Waals surface area contributed by atoms with Crippen molar-refractivity contribution in [3.63, 3.8) is 0 Å². The van der Waals surface area contributed by atoms with Gasteiger partial charge in [-0.15, -0.1) is 0 Å². The molecule has 0 atom stereocenters. The SMILES string of the molecule is O=S(=O)(C(Br)(Br)Cc1ccc(Br)cc1)C(Br)(Br)Cc1ccc(Br)cc1. The van der Waals surface area contributed by atoms with E-state index >= 15 is 0 Å². The molecular formula is C16H12Br6O2S. The summed E-state index contributed by atoms with van der Waals surface area (Å²) in [6.45, 7) is 0. The Morgan fingerprint density at radius 3 is 1.20 bits per heavy atom. The van der Waals surface area contributed by atoms with Gasteiger partial charge in [0, 0.05) is 21.8 Å². The van der Waals surface area contributed by atoms with Crippen LogP contribution < -0.4 is 0 Å². The van der Waals surface area contributed by atoms with Crippen molar-refractivity contribution in [3.05, 3.63) is 68.6 Å². The molecule has 2 rings (SSSR count). The maximum atomic E-state index is 13.2. The van der Waals surface area contributed by atoms with E-state index in [1.165, 1.54) is 0 Å². The minimum atomic E-state index is -3.71. The van der Waals surface area contributed by atoms with E-state index in [2.05, 4.69) is 95.6 Å². The summed E-state index contributed by atoms with van der Waals surface area (Å²) in [7, 11) is -3.71. The number of hydrogen-bond acceptors (Lipinski definition) is 2. The lowest BCUT2D eigenvalue weighted by atomic mass is 10.2. The van der Waals surface area contributed by atoms with E-state index in [-0.39, 0.29) is 12.8 Å². The monoisotopic (exact) mass is 742 g/mol. The Kier molecular flexibility index (Phi) is 7.89. The van der Waals surface area contributed by atoms with Crippen molar-refractivity contribution in [3.8, 4) is 0 Å². The van der Waals surface area contributed by atoms with E-state index in [1.807, 2.05) is 48.5 Å². The lowest BCUT2D eigenvalue weighted by molar-refractivity contribution is 0.585. The van der Waals surface area contributed by atoms with Crippen LogP contribution in [0.5, 0.6) is 0 Å². The smallest absolute Gasteiger partial charge is 0.202 e. The second-order valence-electron chi connectivity index (χ2n) is 5.38. The molecule has 9 heteroatoms. The van der Waals surface area contributed by atoms with Gasteiger partial charge in [-0.3, -0.25) is 0 Å². The van der Waals surface area contributed by atoms with Crippen LogP contribution in [0, 0.1) is 0 Å². The lowest BCUT2D eigenvalue weighted by Gasteiger charge is -2.30. The fourth-order valence-corrected chi connectivity index (χ4v) is 11.0. The van der Waals surface area contributed by atoms with Crippen LogP contribution in [0.1, 0.15) is 11.1 Å². The van der Waals surface area contributed by atoms with Crippen molar-refractivity contribution < 1.29 is 8.42 Å². The summed E-state index contributed by atoms with van der Waals surface area (Å²) in [5.41, 5.74) is 1.78. The average Bonchev–Trinajstić information content (AvgIpc) is 2.51. The van der Waals surface area contributed by atoms with Gasteiger partial charge >= 0.3 is 0 Å². The van der Waals surface area contributed by atoms with Gasteiger partial charge in [0.1, 0.15) is 0 Å². The van der Waals surface area contributed by atoms with Gasteiger partial charge in [0.05, 0.1) is 0 Å². The van der Waals surface area contributed by atoms with E-state index in [9.17, 15) is 8.42 Å². The van der Waals surface area contributed by atoms with Crippen LogP contribution in [0.25, 0.3) is 0 Å². The van der Waals surface area contributed by atoms with Gasteiger partial charge in [0.15, 0.2) is 5.13 Å². The molecule has 0 saturated carbocycles. The highest BCUT2D eigenvalue weighted by Crippen LogP contribution is 2.49. The normalized spacial score (nSPS) is 13.0. The molecular weight excluding hydrogens is 736 g/mol. The summed E-state index contributed by atoms with van der Waals surface area (Å²) in [5, 5.41) is 0. The molecule has 0 spiro atoms. The highest BCUT2D eigenvalue weighted by Gasteiger charge is 2.51. The zero-order valence-corrected chi connectivity index (χ0v) is 22.9. The van der Waals surface area contributed by atoms with Gasteiger partial charge in [-0.2, -0.15) is 0 Å². The summed E-state index contributed by atoms with van der Waals surface area (Å²) in [4.78, 5) is 0. The van der Waals surface area contributed by atoms with E-state index < -0.39 is 15.0 Å². The number of benzene rings is 2. The third-order valence-corrected chi connectivity index (χ3v) is 12.6. The van der Waals surface area contributed by atoms with Crippen molar-refractivity contribution in [2.75, 3.05) is 0 Å². The van der Waals surface area contributed by atoms with Gasteiger partial charge in [-0.25, -0.2) is 8.42 Å². The molecule has 0 unspecified atom stereocenters. The topological polar surface area (TPSA) is 34.1 Å². The Hall–Kier alpha value is 1.27. The van der Waals surface area contributed by atoms with Crippen LogP contribution in [-0.4, -0.2) is 13.5 Å². The van der Waals surface area contributed by atoms with Crippen LogP contribution in [0.4, 0.5) is 0 Å². The molecule has 0 aromatic heterocycles.